The lowest BCUT2D eigenvalue weighted by Gasteiger charge is -2.11. The number of aliphatic hydroxyl groups is 1. The van der Waals surface area contributed by atoms with Gasteiger partial charge >= 0.3 is 12.2 Å². The number of benzene rings is 2. The van der Waals surface area contributed by atoms with Gasteiger partial charge in [0.05, 0.1) is 24.5 Å². The van der Waals surface area contributed by atoms with Gasteiger partial charge < -0.3 is 15.7 Å². The van der Waals surface area contributed by atoms with Crippen molar-refractivity contribution < 1.29 is 31.9 Å². The third kappa shape index (κ3) is 5.18. The summed E-state index contributed by atoms with van der Waals surface area (Å²) in [5.41, 5.74) is -0.640. The summed E-state index contributed by atoms with van der Waals surface area (Å²) in [4.78, 5) is 12.1. The molecule has 0 aliphatic heterocycles. The number of aryl methyl sites for hydroxylation is 1. The molecule has 3 aromatic rings. The van der Waals surface area contributed by atoms with Crippen LogP contribution in [0, 0.1) is 18.6 Å². The van der Waals surface area contributed by atoms with Gasteiger partial charge in [-0.05, 0) is 48.9 Å². The molecule has 0 fully saturated rings. The molecule has 2 amide bonds. The van der Waals surface area contributed by atoms with E-state index in [1.165, 1.54) is 31.2 Å². The maximum absolute atomic E-state index is 13.7. The van der Waals surface area contributed by atoms with Crippen molar-refractivity contribution in [2.45, 2.75) is 26.3 Å². The Hall–Kier alpha value is -3.47. The highest BCUT2D eigenvalue weighted by molar-refractivity contribution is 5.89. The molecule has 0 aliphatic rings. The molecular weight excluding hydrogens is 423 g/mol. The Balaban J connectivity index is 1.80. The number of nitrogens with zero attached hydrogens (tertiary/aromatic N) is 2. The summed E-state index contributed by atoms with van der Waals surface area (Å²) < 4.78 is 67.6. The van der Waals surface area contributed by atoms with Crippen molar-refractivity contribution in [1.29, 1.82) is 0 Å². The average Bonchev–Trinajstić information content (AvgIpc) is 3.13. The highest BCUT2D eigenvalue weighted by Gasteiger charge is 2.35. The van der Waals surface area contributed by atoms with Crippen LogP contribution in [0.4, 0.5) is 32.4 Å². The van der Waals surface area contributed by atoms with Crippen LogP contribution >= 0.6 is 0 Å². The van der Waals surface area contributed by atoms with Gasteiger partial charge in [0.1, 0.15) is 11.6 Å². The SMILES string of the molecule is Cc1cc(-n2nc(C(F)(F)F)cc2CNC(=O)Nc2ccc(CO)c(F)c2)ccc1F. The number of anilines is 1. The molecule has 0 atom stereocenters. The summed E-state index contributed by atoms with van der Waals surface area (Å²) in [7, 11) is 0. The molecule has 0 aliphatic carbocycles. The van der Waals surface area contributed by atoms with Crippen molar-refractivity contribution >= 4 is 11.7 Å². The predicted molar refractivity (Wildman–Crippen MR) is 101 cm³/mol. The smallest absolute Gasteiger partial charge is 0.392 e. The third-order valence-electron chi connectivity index (χ3n) is 4.37. The molecule has 1 aromatic heterocycles. The molecule has 11 heteroatoms. The highest BCUT2D eigenvalue weighted by atomic mass is 19.4. The molecule has 0 unspecified atom stereocenters. The first kappa shape index (κ1) is 22.2. The van der Waals surface area contributed by atoms with Gasteiger partial charge in [0.25, 0.3) is 0 Å². The van der Waals surface area contributed by atoms with Crippen LogP contribution in [-0.4, -0.2) is 20.9 Å². The lowest BCUT2D eigenvalue weighted by molar-refractivity contribution is -0.141. The first-order valence-corrected chi connectivity index (χ1v) is 8.95. The first-order valence-electron chi connectivity index (χ1n) is 8.95. The number of carbonyl (C=O) groups excluding carboxylic acids is 1. The minimum absolute atomic E-state index is 0.00436. The van der Waals surface area contributed by atoms with Crippen molar-refractivity contribution in [2.75, 3.05) is 5.32 Å². The number of aromatic nitrogens is 2. The molecule has 0 spiro atoms. The van der Waals surface area contributed by atoms with Gasteiger partial charge in [0.15, 0.2) is 5.69 Å². The second kappa shape index (κ2) is 8.72. The van der Waals surface area contributed by atoms with Crippen molar-refractivity contribution in [2.24, 2.45) is 0 Å². The van der Waals surface area contributed by atoms with Crippen LogP contribution in [0.5, 0.6) is 0 Å². The monoisotopic (exact) mass is 440 g/mol. The van der Waals surface area contributed by atoms with Crippen molar-refractivity contribution in [3.8, 4) is 5.69 Å². The van der Waals surface area contributed by atoms with E-state index in [0.717, 1.165) is 22.9 Å². The van der Waals surface area contributed by atoms with Crippen molar-refractivity contribution in [1.82, 2.24) is 15.1 Å². The van der Waals surface area contributed by atoms with Crippen LogP contribution in [0.25, 0.3) is 5.69 Å². The van der Waals surface area contributed by atoms with Gasteiger partial charge in [-0.15, -0.1) is 0 Å². The topological polar surface area (TPSA) is 79.2 Å². The minimum atomic E-state index is -4.72. The summed E-state index contributed by atoms with van der Waals surface area (Å²) in [5, 5.41) is 17.2. The number of carbonyl (C=O) groups is 1. The fraction of sp³-hybridized carbons (Fsp3) is 0.200. The van der Waals surface area contributed by atoms with E-state index >= 15 is 0 Å². The first-order chi connectivity index (χ1) is 14.6. The highest BCUT2D eigenvalue weighted by Crippen LogP contribution is 2.30. The van der Waals surface area contributed by atoms with Crippen molar-refractivity contribution in [3.05, 3.63) is 76.6 Å². The van der Waals surface area contributed by atoms with Crippen LogP contribution in [0.3, 0.4) is 0 Å². The predicted octanol–water partition coefficient (Wildman–Crippen LogP) is 4.29. The quantitative estimate of drug-likeness (QED) is 0.518. The molecule has 31 heavy (non-hydrogen) atoms. The lowest BCUT2D eigenvalue weighted by atomic mass is 10.2. The fourth-order valence-corrected chi connectivity index (χ4v) is 2.77. The van der Waals surface area contributed by atoms with E-state index in [0.29, 0.717) is 0 Å². The number of alkyl halides is 3. The molecule has 1 heterocycles. The summed E-state index contributed by atoms with van der Waals surface area (Å²) >= 11 is 0. The van der Waals surface area contributed by atoms with Crippen molar-refractivity contribution in [3.63, 3.8) is 0 Å². The lowest BCUT2D eigenvalue weighted by Crippen LogP contribution is -2.29. The van der Waals surface area contributed by atoms with Crippen LogP contribution < -0.4 is 10.6 Å². The molecule has 3 N–H and O–H groups in total. The van der Waals surface area contributed by atoms with E-state index in [4.69, 9.17) is 5.11 Å². The number of urea groups is 1. The van der Waals surface area contributed by atoms with E-state index in [1.54, 1.807) is 0 Å². The average molecular weight is 440 g/mol. The van der Waals surface area contributed by atoms with Crippen LogP contribution in [0.1, 0.15) is 22.5 Å². The molecule has 0 radical (unpaired) electrons. The van der Waals surface area contributed by atoms with E-state index in [1.807, 2.05) is 0 Å². The number of aliphatic hydroxyl groups excluding tert-OH is 1. The second-order valence-electron chi connectivity index (χ2n) is 6.64. The van der Waals surface area contributed by atoms with Crippen LogP contribution in [0.15, 0.2) is 42.5 Å². The molecule has 0 saturated carbocycles. The zero-order valence-corrected chi connectivity index (χ0v) is 16.1. The van der Waals surface area contributed by atoms with Gasteiger partial charge in [0.2, 0.25) is 0 Å². The summed E-state index contributed by atoms with van der Waals surface area (Å²) in [5.74, 6) is -1.25. The largest absolute Gasteiger partial charge is 0.435 e. The molecular formula is C20H17F5N4O2. The maximum Gasteiger partial charge on any atom is 0.435 e. The van der Waals surface area contributed by atoms with E-state index < -0.39 is 36.1 Å². The van der Waals surface area contributed by atoms with Gasteiger partial charge in [-0.1, -0.05) is 6.07 Å². The molecule has 6 nitrogen and oxygen atoms in total. The van der Waals surface area contributed by atoms with E-state index in [2.05, 4.69) is 15.7 Å². The Morgan fingerprint density at radius 2 is 1.84 bits per heavy atom. The molecule has 0 bridgehead atoms. The summed E-state index contributed by atoms with van der Waals surface area (Å²) in [6, 6.07) is 7.32. The number of rotatable bonds is 5. The molecule has 164 valence electrons. The van der Waals surface area contributed by atoms with Gasteiger partial charge in [-0.25, -0.2) is 18.3 Å². The Kier molecular flexibility index (Phi) is 6.25. The third-order valence-corrected chi connectivity index (χ3v) is 4.37. The Bertz CT molecular complexity index is 1110. The van der Waals surface area contributed by atoms with Crippen LogP contribution in [-0.2, 0) is 19.3 Å². The standard InChI is InChI=1S/C20H17F5N4O2/c1-11-6-14(4-5-16(11)21)29-15(8-18(28-29)20(23,24)25)9-26-19(31)27-13-3-2-12(10-30)17(22)7-13/h2-8,30H,9-10H2,1H3,(H2,26,27,31). The zero-order chi connectivity index (χ0) is 22.8. The second-order valence-corrected chi connectivity index (χ2v) is 6.64. The number of nitrogens with one attached hydrogen (secondary N) is 2. The Morgan fingerprint density at radius 1 is 1.10 bits per heavy atom. The normalized spacial score (nSPS) is 11.5. The number of hydrogen-bond donors (Lipinski definition) is 3. The van der Waals surface area contributed by atoms with Crippen LogP contribution in [0.2, 0.25) is 0 Å². The van der Waals surface area contributed by atoms with Gasteiger partial charge in [-0.2, -0.15) is 18.3 Å². The Morgan fingerprint density at radius 3 is 2.45 bits per heavy atom. The maximum atomic E-state index is 13.7. The fourth-order valence-electron chi connectivity index (χ4n) is 2.77. The number of hydrogen-bond acceptors (Lipinski definition) is 3. The van der Waals surface area contributed by atoms with E-state index in [-0.39, 0.29) is 34.7 Å². The molecule has 3 rings (SSSR count). The number of amides is 2. The van der Waals surface area contributed by atoms with Gasteiger partial charge in [-0.3, -0.25) is 0 Å². The zero-order valence-electron chi connectivity index (χ0n) is 16.1. The van der Waals surface area contributed by atoms with E-state index in [9.17, 15) is 26.7 Å². The molecule has 2 aromatic carbocycles. The number of halogens is 5. The van der Waals surface area contributed by atoms with Gasteiger partial charge in [0, 0.05) is 11.3 Å². The minimum Gasteiger partial charge on any atom is -0.392 e. The summed E-state index contributed by atoms with van der Waals surface area (Å²) in [6.45, 7) is 0.606. The summed E-state index contributed by atoms with van der Waals surface area (Å²) in [6.07, 6.45) is -4.72. The molecule has 0 saturated heterocycles. The Labute approximate surface area is 173 Å².